The molecule has 3 heteroatoms. The molecule has 0 spiro atoms. The van der Waals surface area contributed by atoms with Crippen molar-refractivity contribution in [1.82, 2.24) is 4.98 Å². The standard InChI is InChI=1S/C8H9NS2/c1-3-4-5-7-6(2)11-8(10)9-7/h3-5H,1H2,2H3,(H,9,10)/b5-4-. The second-order valence-corrected chi connectivity index (χ2v) is 3.97. The summed E-state index contributed by atoms with van der Waals surface area (Å²) in [6.45, 7) is 5.63. The van der Waals surface area contributed by atoms with Crippen molar-refractivity contribution < 1.29 is 0 Å². The van der Waals surface area contributed by atoms with Gasteiger partial charge in [-0.25, -0.2) is 0 Å². The van der Waals surface area contributed by atoms with E-state index in [1.807, 2.05) is 19.1 Å². The Morgan fingerprint density at radius 3 is 2.82 bits per heavy atom. The van der Waals surface area contributed by atoms with Crippen molar-refractivity contribution in [3.8, 4) is 0 Å². The molecule has 0 aromatic carbocycles. The summed E-state index contributed by atoms with van der Waals surface area (Å²) in [5, 5.41) is 0. The summed E-state index contributed by atoms with van der Waals surface area (Å²) in [4.78, 5) is 4.29. The molecule has 11 heavy (non-hydrogen) atoms. The zero-order chi connectivity index (χ0) is 8.27. The number of thiazole rings is 1. The van der Waals surface area contributed by atoms with E-state index in [1.54, 1.807) is 17.4 Å². The molecule has 58 valence electrons. The van der Waals surface area contributed by atoms with E-state index in [-0.39, 0.29) is 0 Å². The molecule has 1 N–H and O–H groups in total. The number of H-pyrrole nitrogens is 1. The molecule has 0 saturated carbocycles. The van der Waals surface area contributed by atoms with Crippen LogP contribution in [0.3, 0.4) is 0 Å². The summed E-state index contributed by atoms with van der Waals surface area (Å²) in [6.07, 6.45) is 5.60. The van der Waals surface area contributed by atoms with Crippen molar-refractivity contribution in [3.63, 3.8) is 0 Å². The summed E-state index contributed by atoms with van der Waals surface area (Å²) in [5.74, 6) is 0. The molecule has 1 aromatic rings. The van der Waals surface area contributed by atoms with E-state index >= 15 is 0 Å². The van der Waals surface area contributed by atoms with E-state index in [2.05, 4.69) is 11.6 Å². The maximum atomic E-state index is 4.97. The van der Waals surface area contributed by atoms with Crippen molar-refractivity contribution >= 4 is 29.6 Å². The number of aromatic nitrogens is 1. The fraction of sp³-hybridized carbons (Fsp3) is 0.125. The van der Waals surface area contributed by atoms with Gasteiger partial charge in [-0.05, 0) is 25.2 Å². The lowest BCUT2D eigenvalue weighted by Gasteiger charge is -1.85. The van der Waals surface area contributed by atoms with E-state index in [4.69, 9.17) is 12.2 Å². The molecule has 0 bridgehead atoms. The first kappa shape index (κ1) is 8.43. The number of hydrogen-bond acceptors (Lipinski definition) is 2. The van der Waals surface area contributed by atoms with Crippen LogP contribution < -0.4 is 0 Å². The van der Waals surface area contributed by atoms with Crippen LogP contribution in [-0.4, -0.2) is 4.98 Å². The van der Waals surface area contributed by atoms with Crippen LogP contribution in [0.5, 0.6) is 0 Å². The van der Waals surface area contributed by atoms with E-state index in [0.29, 0.717) is 0 Å². The molecule has 1 nitrogen and oxygen atoms in total. The number of nitrogens with one attached hydrogen (secondary N) is 1. The third kappa shape index (κ3) is 2.13. The minimum atomic E-state index is 0.825. The van der Waals surface area contributed by atoms with Crippen LogP contribution in [0.25, 0.3) is 6.08 Å². The quantitative estimate of drug-likeness (QED) is 0.549. The molecule has 1 heterocycles. The largest absolute Gasteiger partial charge is 0.337 e. The Morgan fingerprint density at radius 2 is 2.36 bits per heavy atom. The van der Waals surface area contributed by atoms with Crippen LogP contribution in [0, 0.1) is 10.9 Å². The maximum absolute atomic E-state index is 4.97. The van der Waals surface area contributed by atoms with Crippen LogP contribution >= 0.6 is 23.6 Å². The molecule has 0 aliphatic heterocycles. The van der Waals surface area contributed by atoms with Gasteiger partial charge in [0.15, 0.2) is 3.95 Å². The molecular weight excluding hydrogens is 174 g/mol. The number of hydrogen-bond donors (Lipinski definition) is 1. The Balaban J connectivity index is 3.03. The van der Waals surface area contributed by atoms with E-state index < -0.39 is 0 Å². The van der Waals surface area contributed by atoms with Crippen molar-refractivity contribution in [2.24, 2.45) is 0 Å². The summed E-state index contributed by atoms with van der Waals surface area (Å²) in [6, 6.07) is 0. The Kier molecular flexibility index (Phi) is 2.79. The Hall–Kier alpha value is -0.670. The zero-order valence-electron chi connectivity index (χ0n) is 6.26. The van der Waals surface area contributed by atoms with Gasteiger partial charge in [-0.2, -0.15) is 0 Å². The molecule has 0 aliphatic carbocycles. The Morgan fingerprint density at radius 1 is 1.64 bits per heavy atom. The normalized spacial score (nSPS) is 10.6. The highest BCUT2D eigenvalue weighted by molar-refractivity contribution is 7.73. The van der Waals surface area contributed by atoms with Gasteiger partial charge in [0.1, 0.15) is 0 Å². The van der Waals surface area contributed by atoms with Crippen molar-refractivity contribution in [2.45, 2.75) is 6.92 Å². The molecule has 0 radical (unpaired) electrons. The average Bonchev–Trinajstić information content (AvgIpc) is 2.26. The van der Waals surface area contributed by atoms with Gasteiger partial charge < -0.3 is 4.98 Å². The van der Waals surface area contributed by atoms with Gasteiger partial charge in [0.05, 0.1) is 5.69 Å². The van der Waals surface area contributed by atoms with Crippen molar-refractivity contribution in [2.75, 3.05) is 0 Å². The minimum Gasteiger partial charge on any atom is -0.337 e. The van der Waals surface area contributed by atoms with Crippen LogP contribution in [0.1, 0.15) is 10.6 Å². The monoisotopic (exact) mass is 183 g/mol. The lowest BCUT2D eigenvalue weighted by Crippen LogP contribution is -1.72. The van der Waals surface area contributed by atoms with Gasteiger partial charge >= 0.3 is 0 Å². The highest BCUT2D eigenvalue weighted by Gasteiger charge is 1.94. The molecule has 0 saturated heterocycles. The molecule has 0 unspecified atom stereocenters. The van der Waals surface area contributed by atoms with Gasteiger partial charge in [0.2, 0.25) is 0 Å². The van der Waals surface area contributed by atoms with Gasteiger partial charge in [-0.3, -0.25) is 0 Å². The smallest absolute Gasteiger partial charge is 0.159 e. The highest BCUT2D eigenvalue weighted by Crippen LogP contribution is 2.14. The molecule has 1 aromatic heterocycles. The maximum Gasteiger partial charge on any atom is 0.159 e. The second kappa shape index (κ2) is 3.64. The van der Waals surface area contributed by atoms with Crippen molar-refractivity contribution in [1.29, 1.82) is 0 Å². The average molecular weight is 183 g/mol. The van der Waals surface area contributed by atoms with Crippen LogP contribution in [0.4, 0.5) is 0 Å². The van der Waals surface area contributed by atoms with Gasteiger partial charge in [-0.1, -0.05) is 18.7 Å². The SMILES string of the molecule is C=C/C=C\c1[nH]c(=S)sc1C. The van der Waals surface area contributed by atoms with Crippen LogP contribution in [0.15, 0.2) is 18.7 Å². The first-order valence-electron chi connectivity index (χ1n) is 3.23. The molecule has 0 atom stereocenters. The van der Waals surface area contributed by atoms with Gasteiger partial charge in [0.25, 0.3) is 0 Å². The van der Waals surface area contributed by atoms with Crippen molar-refractivity contribution in [3.05, 3.63) is 33.3 Å². The van der Waals surface area contributed by atoms with Gasteiger partial charge in [-0.15, -0.1) is 11.3 Å². The molecule has 0 fully saturated rings. The molecular formula is C8H9NS2. The molecule has 1 rings (SSSR count). The summed E-state index contributed by atoms with van der Waals surface area (Å²) in [7, 11) is 0. The van der Waals surface area contributed by atoms with E-state index in [0.717, 1.165) is 9.65 Å². The molecule has 0 amide bonds. The first-order valence-corrected chi connectivity index (χ1v) is 4.45. The second-order valence-electron chi connectivity index (χ2n) is 2.08. The summed E-state index contributed by atoms with van der Waals surface area (Å²) < 4.78 is 0.825. The number of rotatable bonds is 2. The van der Waals surface area contributed by atoms with Gasteiger partial charge in [0, 0.05) is 4.88 Å². The Labute approximate surface area is 75.1 Å². The predicted molar refractivity (Wildman–Crippen MR) is 53.5 cm³/mol. The highest BCUT2D eigenvalue weighted by atomic mass is 32.1. The number of aromatic amines is 1. The van der Waals surface area contributed by atoms with Crippen LogP contribution in [-0.2, 0) is 0 Å². The predicted octanol–water partition coefficient (Wildman–Crippen LogP) is 3.31. The first-order chi connectivity index (χ1) is 5.24. The summed E-state index contributed by atoms with van der Waals surface area (Å²) >= 11 is 6.57. The van der Waals surface area contributed by atoms with E-state index in [1.165, 1.54) is 4.88 Å². The number of aryl methyl sites for hydroxylation is 1. The summed E-state index contributed by atoms with van der Waals surface area (Å²) in [5.41, 5.74) is 1.08. The topological polar surface area (TPSA) is 15.8 Å². The van der Waals surface area contributed by atoms with E-state index in [9.17, 15) is 0 Å². The zero-order valence-corrected chi connectivity index (χ0v) is 7.89. The lowest BCUT2D eigenvalue weighted by molar-refractivity contribution is 1.33. The number of allylic oxidation sites excluding steroid dienone is 2. The fourth-order valence-corrected chi connectivity index (χ4v) is 1.89. The lowest BCUT2D eigenvalue weighted by atomic mass is 10.3. The minimum absolute atomic E-state index is 0.825. The van der Waals surface area contributed by atoms with Crippen LogP contribution in [0.2, 0.25) is 0 Å². The third-order valence-corrected chi connectivity index (χ3v) is 2.43. The third-order valence-electron chi connectivity index (χ3n) is 1.26. The Bertz CT molecular complexity index is 330. The molecule has 0 aliphatic rings. The fourth-order valence-electron chi connectivity index (χ4n) is 0.741.